The number of ether oxygens (including phenoxy) is 1. The standard InChI is InChI=1S/C19H21ClN2O2/c1-12-5-6-16(13(2)7-12)10-21-22-18(23)11-24-17-8-14(3)19(20)15(4)9-17/h5-10H,11H2,1-4H3,(H,22,23). The molecule has 0 aliphatic rings. The minimum Gasteiger partial charge on any atom is -0.484 e. The van der Waals surface area contributed by atoms with Gasteiger partial charge in [0.25, 0.3) is 5.91 Å². The number of nitrogens with zero attached hydrogens (tertiary/aromatic N) is 1. The number of hydrazone groups is 1. The van der Waals surface area contributed by atoms with Gasteiger partial charge in [0.1, 0.15) is 5.75 Å². The molecule has 5 heteroatoms. The van der Waals surface area contributed by atoms with E-state index in [0.717, 1.165) is 22.3 Å². The van der Waals surface area contributed by atoms with Crippen molar-refractivity contribution in [3.63, 3.8) is 0 Å². The van der Waals surface area contributed by atoms with Gasteiger partial charge in [0.2, 0.25) is 0 Å². The Morgan fingerprint density at radius 3 is 2.42 bits per heavy atom. The largest absolute Gasteiger partial charge is 0.484 e. The molecule has 0 unspecified atom stereocenters. The van der Waals surface area contributed by atoms with Gasteiger partial charge in [-0.1, -0.05) is 35.4 Å². The second kappa shape index (κ2) is 7.97. The number of amides is 1. The third-order valence-corrected chi connectivity index (χ3v) is 4.19. The topological polar surface area (TPSA) is 50.7 Å². The van der Waals surface area contributed by atoms with Crippen molar-refractivity contribution in [3.05, 3.63) is 63.2 Å². The summed E-state index contributed by atoms with van der Waals surface area (Å²) in [7, 11) is 0. The molecule has 0 aliphatic heterocycles. The fourth-order valence-corrected chi connectivity index (χ4v) is 2.42. The summed E-state index contributed by atoms with van der Waals surface area (Å²) in [6.07, 6.45) is 1.63. The Labute approximate surface area is 147 Å². The van der Waals surface area contributed by atoms with Crippen molar-refractivity contribution < 1.29 is 9.53 Å². The first-order valence-electron chi connectivity index (χ1n) is 7.65. The van der Waals surface area contributed by atoms with Crippen molar-refractivity contribution in [2.75, 3.05) is 6.61 Å². The third kappa shape index (κ3) is 4.83. The number of rotatable bonds is 5. The molecule has 4 nitrogen and oxygen atoms in total. The van der Waals surface area contributed by atoms with Gasteiger partial charge in [0.15, 0.2) is 6.61 Å². The van der Waals surface area contributed by atoms with Gasteiger partial charge in [-0.3, -0.25) is 4.79 Å². The second-order valence-electron chi connectivity index (χ2n) is 5.81. The van der Waals surface area contributed by atoms with E-state index in [2.05, 4.69) is 16.6 Å². The Morgan fingerprint density at radius 2 is 1.79 bits per heavy atom. The molecule has 24 heavy (non-hydrogen) atoms. The summed E-state index contributed by atoms with van der Waals surface area (Å²) in [6.45, 7) is 7.73. The smallest absolute Gasteiger partial charge is 0.277 e. The van der Waals surface area contributed by atoms with Crippen LogP contribution in [0.3, 0.4) is 0 Å². The molecule has 0 aromatic heterocycles. The lowest BCUT2D eigenvalue weighted by molar-refractivity contribution is -0.123. The maximum atomic E-state index is 11.8. The molecule has 0 fully saturated rings. The SMILES string of the molecule is Cc1ccc(C=NNC(=O)COc2cc(C)c(Cl)c(C)c2)c(C)c1. The molecule has 0 radical (unpaired) electrons. The van der Waals surface area contributed by atoms with E-state index in [-0.39, 0.29) is 12.5 Å². The number of benzene rings is 2. The van der Waals surface area contributed by atoms with Gasteiger partial charge in [-0.15, -0.1) is 0 Å². The number of carbonyl (C=O) groups is 1. The fraction of sp³-hybridized carbons (Fsp3) is 0.263. The van der Waals surface area contributed by atoms with E-state index in [1.807, 2.05) is 52.0 Å². The van der Waals surface area contributed by atoms with Crippen LogP contribution >= 0.6 is 11.6 Å². The highest BCUT2D eigenvalue weighted by Gasteiger charge is 2.06. The first kappa shape index (κ1) is 18.0. The van der Waals surface area contributed by atoms with Crippen molar-refractivity contribution in [1.82, 2.24) is 5.43 Å². The molecule has 0 atom stereocenters. The monoisotopic (exact) mass is 344 g/mol. The fourth-order valence-electron chi connectivity index (χ4n) is 2.31. The molecule has 0 aliphatic carbocycles. The molecular weight excluding hydrogens is 324 g/mol. The van der Waals surface area contributed by atoms with Gasteiger partial charge < -0.3 is 4.74 Å². The Balaban J connectivity index is 1.88. The zero-order valence-electron chi connectivity index (χ0n) is 14.3. The first-order chi connectivity index (χ1) is 11.4. The van der Waals surface area contributed by atoms with Crippen LogP contribution in [-0.2, 0) is 4.79 Å². The maximum Gasteiger partial charge on any atom is 0.277 e. The van der Waals surface area contributed by atoms with Crippen molar-refractivity contribution in [3.8, 4) is 5.75 Å². The van der Waals surface area contributed by atoms with E-state index in [9.17, 15) is 4.79 Å². The molecular formula is C19H21ClN2O2. The summed E-state index contributed by atoms with van der Waals surface area (Å²) in [5.41, 5.74) is 7.56. The number of aryl methyl sites for hydroxylation is 4. The molecule has 0 saturated carbocycles. The van der Waals surface area contributed by atoms with E-state index in [0.29, 0.717) is 10.8 Å². The van der Waals surface area contributed by atoms with Crippen LogP contribution in [0.1, 0.15) is 27.8 Å². The Morgan fingerprint density at radius 1 is 1.12 bits per heavy atom. The maximum absolute atomic E-state index is 11.8. The first-order valence-corrected chi connectivity index (χ1v) is 8.03. The molecule has 2 aromatic carbocycles. The van der Waals surface area contributed by atoms with Crippen LogP contribution in [0.25, 0.3) is 0 Å². The van der Waals surface area contributed by atoms with Gasteiger partial charge in [-0.25, -0.2) is 5.43 Å². The van der Waals surface area contributed by atoms with Gasteiger partial charge in [-0.05, 0) is 62.1 Å². The average molecular weight is 345 g/mol. The summed E-state index contributed by atoms with van der Waals surface area (Å²) in [5, 5.41) is 4.68. The number of hydrogen-bond donors (Lipinski definition) is 1. The molecule has 0 heterocycles. The number of nitrogens with one attached hydrogen (secondary N) is 1. The minimum absolute atomic E-state index is 0.106. The molecule has 1 N–H and O–H groups in total. The summed E-state index contributed by atoms with van der Waals surface area (Å²) in [4.78, 5) is 11.8. The number of hydrogen-bond acceptors (Lipinski definition) is 3. The Bertz CT molecular complexity index is 762. The molecule has 0 saturated heterocycles. The summed E-state index contributed by atoms with van der Waals surface area (Å²) >= 11 is 6.11. The van der Waals surface area contributed by atoms with E-state index in [4.69, 9.17) is 16.3 Å². The van der Waals surface area contributed by atoms with Crippen LogP contribution in [0.5, 0.6) is 5.75 Å². The van der Waals surface area contributed by atoms with E-state index in [1.54, 1.807) is 6.21 Å². The van der Waals surface area contributed by atoms with E-state index in [1.165, 1.54) is 5.56 Å². The molecule has 126 valence electrons. The number of carbonyl (C=O) groups excluding carboxylic acids is 1. The van der Waals surface area contributed by atoms with Crippen LogP contribution in [-0.4, -0.2) is 18.7 Å². The quantitative estimate of drug-likeness (QED) is 0.655. The van der Waals surface area contributed by atoms with Crippen molar-refractivity contribution in [2.24, 2.45) is 5.10 Å². The zero-order chi connectivity index (χ0) is 17.7. The van der Waals surface area contributed by atoms with Crippen molar-refractivity contribution in [1.29, 1.82) is 0 Å². The number of halogens is 1. The van der Waals surface area contributed by atoms with Crippen LogP contribution in [0.15, 0.2) is 35.4 Å². The van der Waals surface area contributed by atoms with Gasteiger partial charge in [0, 0.05) is 5.02 Å². The van der Waals surface area contributed by atoms with Gasteiger partial charge in [0.05, 0.1) is 6.21 Å². The van der Waals surface area contributed by atoms with E-state index < -0.39 is 0 Å². The third-order valence-electron chi connectivity index (χ3n) is 3.60. The lowest BCUT2D eigenvalue weighted by atomic mass is 10.1. The zero-order valence-corrected chi connectivity index (χ0v) is 15.1. The molecule has 1 amide bonds. The molecule has 0 bridgehead atoms. The lowest BCUT2D eigenvalue weighted by Gasteiger charge is -2.09. The van der Waals surface area contributed by atoms with Crippen LogP contribution in [0.2, 0.25) is 5.02 Å². The van der Waals surface area contributed by atoms with Crippen molar-refractivity contribution >= 4 is 23.7 Å². The average Bonchev–Trinajstić information content (AvgIpc) is 2.52. The summed E-state index contributed by atoms with van der Waals surface area (Å²) in [6, 6.07) is 9.65. The van der Waals surface area contributed by atoms with Crippen molar-refractivity contribution in [2.45, 2.75) is 27.7 Å². The van der Waals surface area contributed by atoms with Crippen LogP contribution in [0.4, 0.5) is 0 Å². The predicted molar refractivity (Wildman–Crippen MR) is 98.1 cm³/mol. The van der Waals surface area contributed by atoms with E-state index >= 15 is 0 Å². The lowest BCUT2D eigenvalue weighted by Crippen LogP contribution is -2.24. The Kier molecular flexibility index (Phi) is 5.99. The van der Waals surface area contributed by atoms with Gasteiger partial charge in [-0.2, -0.15) is 5.10 Å². The molecule has 0 spiro atoms. The van der Waals surface area contributed by atoms with Crippen LogP contribution in [0, 0.1) is 27.7 Å². The van der Waals surface area contributed by atoms with Gasteiger partial charge >= 0.3 is 0 Å². The van der Waals surface area contributed by atoms with Crippen LogP contribution < -0.4 is 10.2 Å². The summed E-state index contributed by atoms with van der Waals surface area (Å²) in [5.74, 6) is 0.296. The molecule has 2 aromatic rings. The summed E-state index contributed by atoms with van der Waals surface area (Å²) < 4.78 is 5.48. The highest BCUT2D eigenvalue weighted by atomic mass is 35.5. The predicted octanol–water partition coefficient (Wildman–Crippen LogP) is 4.10. The normalized spacial score (nSPS) is 10.9. The molecule has 2 rings (SSSR count). The highest BCUT2D eigenvalue weighted by molar-refractivity contribution is 6.32. The highest BCUT2D eigenvalue weighted by Crippen LogP contribution is 2.25. The Hall–Kier alpha value is -2.33. The second-order valence-corrected chi connectivity index (χ2v) is 6.19. The minimum atomic E-state index is -0.318.